The summed E-state index contributed by atoms with van der Waals surface area (Å²) in [7, 11) is 0. The number of rotatable bonds is 7. The van der Waals surface area contributed by atoms with Crippen LogP contribution in [0.5, 0.6) is 11.6 Å². The molecule has 26 heavy (non-hydrogen) atoms. The Hall–Kier alpha value is -3.12. The third-order valence-corrected chi connectivity index (χ3v) is 4.31. The molecule has 1 N–H and O–H groups in total. The van der Waals surface area contributed by atoms with E-state index in [9.17, 15) is 4.79 Å². The summed E-state index contributed by atoms with van der Waals surface area (Å²) in [4.78, 5) is 21.6. The summed E-state index contributed by atoms with van der Waals surface area (Å²) in [5, 5.41) is 3.40. The van der Waals surface area contributed by atoms with Crippen LogP contribution in [-0.2, 0) is 0 Å². The fourth-order valence-corrected chi connectivity index (χ4v) is 2.92. The van der Waals surface area contributed by atoms with Crippen LogP contribution in [0, 0.1) is 0 Å². The Morgan fingerprint density at radius 1 is 1.08 bits per heavy atom. The first-order chi connectivity index (χ1) is 12.8. The van der Waals surface area contributed by atoms with Crippen molar-refractivity contribution < 1.29 is 9.53 Å². The van der Waals surface area contributed by atoms with E-state index in [0.29, 0.717) is 28.8 Å². The molecule has 0 atom stereocenters. The summed E-state index contributed by atoms with van der Waals surface area (Å²) in [6.07, 6.45) is 4.85. The van der Waals surface area contributed by atoms with Gasteiger partial charge in [-0.25, -0.2) is 9.97 Å². The van der Waals surface area contributed by atoms with Crippen LogP contribution in [0.3, 0.4) is 0 Å². The van der Waals surface area contributed by atoms with E-state index in [1.165, 1.54) is 11.8 Å². The lowest BCUT2D eigenvalue weighted by molar-refractivity contribution is 0.0958. The molecule has 1 heterocycles. The normalized spacial score (nSPS) is 10.2. The van der Waals surface area contributed by atoms with Crippen molar-refractivity contribution in [1.29, 1.82) is 0 Å². The summed E-state index contributed by atoms with van der Waals surface area (Å²) in [6.45, 7) is 4.00. The number of carbonyl (C=O) groups excluding carboxylic acids is 1. The molecular formula is C20H17N3O2S. The van der Waals surface area contributed by atoms with Crippen molar-refractivity contribution >= 4 is 17.7 Å². The second-order valence-electron chi connectivity index (χ2n) is 5.21. The molecule has 5 nitrogen and oxygen atoms in total. The molecule has 130 valence electrons. The monoisotopic (exact) mass is 363 g/mol. The Balaban J connectivity index is 1.73. The lowest BCUT2D eigenvalue weighted by Crippen LogP contribution is -2.22. The van der Waals surface area contributed by atoms with Crippen LogP contribution in [-0.4, -0.2) is 22.4 Å². The molecule has 0 aliphatic rings. The fraction of sp³-hybridized carbons (Fsp3) is 0.0500. The van der Waals surface area contributed by atoms with E-state index in [1.54, 1.807) is 42.7 Å². The zero-order valence-electron chi connectivity index (χ0n) is 14.0. The van der Waals surface area contributed by atoms with E-state index in [0.717, 1.165) is 4.90 Å². The van der Waals surface area contributed by atoms with Gasteiger partial charge in [-0.3, -0.25) is 4.79 Å². The Morgan fingerprint density at radius 3 is 2.54 bits per heavy atom. The maximum absolute atomic E-state index is 11.9. The van der Waals surface area contributed by atoms with Crippen molar-refractivity contribution in [2.24, 2.45) is 0 Å². The average Bonchev–Trinajstić information content (AvgIpc) is 2.69. The molecule has 3 aromatic rings. The second-order valence-corrected chi connectivity index (χ2v) is 6.27. The zero-order chi connectivity index (χ0) is 18.2. The van der Waals surface area contributed by atoms with Gasteiger partial charge in [0.25, 0.3) is 11.8 Å². The zero-order valence-corrected chi connectivity index (χ0v) is 14.8. The van der Waals surface area contributed by atoms with E-state index < -0.39 is 0 Å². The number of nitrogens with one attached hydrogen (secondary N) is 1. The van der Waals surface area contributed by atoms with Crippen LogP contribution in [0.1, 0.15) is 10.4 Å². The van der Waals surface area contributed by atoms with Gasteiger partial charge >= 0.3 is 0 Å². The molecule has 2 aromatic carbocycles. The van der Waals surface area contributed by atoms with E-state index in [4.69, 9.17) is 4.74 Å². The standard InChI is InChI=1S/C20H17N3O2S/c1-2-12-21-18(24)15-8-10-16(11-9-15)25-19-20(23-14-13-22-19)26-17-6-4-3-5-7-17/h2-11,13-14H,1,12H2,(H,21,24). The first-order valence-corrected chi connectivity index (χ1v) is 8.79. The number of benzene rings is 2. The Bertz CT molecular complexity index is 883. The van der Waals surface area contributed by atoms with E-state index in [1.807, 2.05) is 30.3 Å². The quantitative estimate of drug-likeness (QED) is 0.633. The molecular weight excluding hydrogens is 346 g/mol. The van der Waals surface area contributed by atoms with Gasteiger partial charge in [0.05, 0.1) is 0 Å². The molecule has 0 fully saturated rings. The van der Waals surface area contributed by atoms with Crippen LogP contribution in [0.25, 0.3) is 0 Å². The lowest BCUT2D eigenvalue weighted by atomic mass is 10.2. The number of hydrogen-bond donors (Lipinski definition) is 1. The average molecular weight is 363 g/mol. The summed E-state index contributed by atoms with van der Waals surface area (Å²) in [5.41, 5.74) is 0.553. The predicted octanol–water partition coefficient (Wildman–Crippen LogP) is 4.34. The van der Waals surface area contributed by atoms with Gasteiger partial charge in [0, 0.05) is 29.4 Å². The van der Waals surface area contributed by atoms with Crippen molar-refractivity contribution in [3.63, 3.8) is 0 Å². The smallest absolute Gasteiger partial charge is 0.252 e. The van der Waals surface area contributed by atoms with Crippen molar-refractivity contribution in [1.82, 2.24) is 15.3 Å². The van der Waals surface area contributed by atoms with Gasteiger partial charge in [-0.15, -0.1) is 6.58 Å². The molecule has 1 aromatic heterocycles. The number of aromatic nitrogens is 2. The number of amides is 1. The van der Waals surface area contributed by atoms with Gasteiger partial charge in [0.1, 0.15) is 5.75 Å². The first-order valence-electron chi connectivity index (χ1n) is 7.97. The molecule has 0 bridgehead atoms. The van der Waals surface area contributed by atoms with Crippen molar-refractivity contribution in [3.8, 4) is 11.6 Å². The van der Waals surface area contributed by atoms with Crippen LogP contribution >= 0.6 is 11.8 Å². The molecule has 0 unspecified atom stereocenters. The maximum Gasteiger partial charge on any atom is 0.252 e. The fourth-order valence-electron chi connectivity index (χ4n) is 2.11. The van der Waals surface area contributed by atoms with E-state index in [-0.39, 0.29) is 5.91 Å². The largest absolute Gasteiger partial charge is 0.437 e. The van der Waals surface area contributed by atoms with Crippen LogP contribution < -0.4 is 10.1 Å². The van der Waals surface area contributed by atoms with Crippen molar-refractivity contribution in [2.75, 3.05) is 6.54 Å². The summed E-state index contributed by atoms with van der Waals surface area (Å²) in [6, 6.07) is 16.8. The molecule has 0 spiro atoms. The van der Waals surface area contributed by atoms with Gasteiger partial charge < -0.3 is 10.1 Å². The van der Waals surface area contributed by atoms with Gasteiger partial charge in [-0.1, -0.05) is 36.0 Å². The number of carbonyl (C=O) groups is 1. The van der Waals surface area contributed by atoms with E-state index >= 15 is 0 Å². The molecule has 0 saturated carbocycles. The van der Waals surface area contributed by atoms with Gasteiger partial charge in [-0.05, 0) is 36.4 Å². The Kier molecular flexibility index (Phi) is 6.01. The van der Waals surface area contributed by atoms with Crippen LogP contribution in [0.4, 0.5) is 0 Å². The third kappa shape index (κ3) is 4.70. The van der Waals surface area contributed by atoms with Crippen molar-refractivity contribution in [2.45, 2.75) is 9.92 Å². The summed E-state index contributed by atoms with van der Waals surface area (Å²) >= 11 is 1.48. The molecule has 6 heteroatoms. The van der Waals surface area contributed by atoms with Crippen LogP contribution in [0.2, 0.25) is 0 Å². The minimum atomic E-state index is -0.156. The molecule has 3 rings (SSSR count). The summed E-state index contributed by atoms with van der Waals surface area (Å²) in [5.74, 6) is 0.849. The maximum atomic E-state index is 11.9. The third-order valence-electron chi connectivity index (χ3n) is 3.33. The highest BCUT2D eigenvalue weighted by Gasteiger charge is 2.10. The van der Waals surface area contributed by atoms with Crippen molar-refractivity contribution in [3.05, 3.63) is 85.2 Å². The van der Waals surface area contributed by atoms with E-state index in [2.05, 4.69) is 21.9 Å². The molecule has 0 radical (unpaired) electrons. The van der Waals surface area contributed by atoms with Crippen LogP contribution in [0.15, 0.2) is 89.6 Å². The molecule has 1 amide bonds. The Labute approximate surface area is 156 Å². The first kappa shape index (κ1) is 17.7. The summed E-state index contributed by atoms with van der Waals surface area (Å²) < 4.78 is 5.86. The molecule has 0 aliphatic carbocycles. The second kappa shape index (κ2) is 8.82. The molecule has 0 saturated heterocycles. The molecule has 0 aliphatic heterocycles. The topological polar surface area (TPSA) is 64.1 Å². The number of ether oxygens (including phenoxy) is 1. The van der Waals surface area contributed by atoms with Gasteiger partial charge in [0.15, 0.2) is 5.03 Å². The highest BCUT2D eigenvalue weighted by atomic mass is 32.2. The number of nitrogens with zero attached hydrogens (tertiary/aromatic N) is 2. The van der Waals surface area contributed by atoms with Gasteiger partial charge in [0.2, 0.25) is 0 Å². The minimum absolute atomic E-state index is 0.156. The lowest BCUT2D eigenvalue weighted by Gasteiger charge is -2.09. The number of hydrogen-bond acceptors (Lipinski definition) is 5. The Morgan fingerprint density at radius 2 is 1.81 bits per heavy atom. The highest BCUT2D eigenvalue weighted by molar-refractivity contribution is 7.99. The van der Waals surface area contributed by atoms with Gasteiger partial charge in [-0.2, -0.15) is 0 Å². The minimum Gasteiger partial charge on any atom is -0.437 e. The predicted molar refractivity (Wildman–Crippen MR) is 102 cm³/mol. The SMILES string of the molecule is C=CCNC(=O)c1ccc(Oc2nccnc2Sc2ccccc2)cc1. The highest BCUT2D eigenvalue weighted by Crippen LogP contribution is 2.33.